The largest absolute Gasteiger partial charge is 0.465 e. The van der Waals surface area contributed by atoms with E-state index in [1.54, 1.807) is 18.3 Å². The highest BCUT2D eigenvalue weighted by molar-refractivity contribution is 5.89. The van der Waals surface area contributed by atoms with E-state index in [-0.39, 0.29) is 18.0 Å². The second kappa shape index (κ2) is 7.09. The molecule has 1 heterocycles. The molecule has 0 aliphatic heterocycles. The number of aliphatic hydroxyl groups is 1. The number of methoxy groups -OCH3 is 1. The van der Waals surface area contributed by atoms with Gasteiger partial charge in [0.1, 0.15) is 5.82 Å². The molecule has 0 saturated heterocycles. The summed E-state index contributed by atoms with van der Waals surface area (Å²) in [7, 11) is 1.35. The van der Waals surface area contributed by atoms with E-state index in [2.05, 4.69) is 28.9 Å². The molecule has 0 spiro atoms. The number of carbonyl (C=O) groups is 1. The third-order valence-corrected chi connectivity index (χ3v) is 3.66. The van der Waals surface area contributed by atoms with Gasteiger partial charge in [0.25, 0.3) is 0 Å². The van der Waals surface area contributed by atoms with E-state index in [0.717, 1.165) is 12.8 Å². The van der Waals surface area contributed by atoms with Gasteiger partial charge in [-0.15, -0.1) is 0 Å². The van der Waals surface area contributed by atoms with Gasteiger partial charge in [-0.3, -0.25) is 0 Å². The molecule has 5 heteroatoms. The number of hydrogen-bond acceptors (Lipinski definition) is 5. The van der Waals surface area contributed by atoms with Crippen LogP contribution in [0.25, 0.3) is 0 Å². The Bertz CT molecular complexity index is 409. The van der Waals surface area contributed by atoms with E-state index < -0.39 is 0 Å². The maximum atomic E-state index is 11.4. The van der Waals surface area contributed by atoms with E-state index >= 15 is 0 Å². The Morgan fingerprint density at radius 3 is 2.68 bits per heavy atom. The zero-order valence-corrected chi connectivity index (χ0v) is 11.8. The second-order valence-electron chi connectivity index (χ2n) is 4.64. The minimum Gasteiger partial charge on any atom is -0.465 e. The first-order valence-electron chi connectivity index (χ1n) is 6.50. The number of pyridine rings is 1. The van der Waals surface area contributed by atoms with Crippen LogP contribution in [0.1, 0.15) is 37.0 Å². The summed E-state index contributed by atoms with van der Waals surface area (Å²) in [5.41, 5.74) is 0.311. The van der Waals surface area contributed by atoms with Crippen molar-refractivity contribution in [3.8, 4) is 0 Å². The molecule has 0 fully saturated rings. The number of nitrogens with one attached hydrogen (secondary N) is 1. The average Bonchev–Trinajstić information content (AvgIpc) is 2.48. The summed E-state index contributed by atoms with van der Waals surface area (Å²) >= 11 is 0. The fourth-order valence-corrected chi connectivity index (χ4v) is 1.83. The first-order chi connectivity index (χ1) is 9.10. The summed E-state index contributed by atoms with van der Waals surface area (Å²) < 4.78 is 4.67. The second-order valence-corrected chi connectivity index (χ2v) is 4.64. The number of aromatic nitrogens is 1. The van der Waals surface area contributed by atoms with Crippen LogP contribution in [0.4, 0.5) is 5.82 Å². The Morgan fingerprint density at radius 1 is 1.47 bits per heavy atom. The highest BCUT2D eigenvalue weighted by Crippen LogP contribution is 2.25. The standard InChI is InChI=1S/C14H22N2O3/c1-4-14(5-2,10-17)9-16-12-8-11(6-7-15-12)13(18)19-3/h6-8,17H,4-5,9-10H2,1-3H3,(H,15,16). The topological polar surface area (TPSA) is 71.5 Å². The van der Waals surface area contributed by atoms with Crippen LogP contribution in [0.15, 0.2) is 18.3 Å². The molecule has 0 saturated carbocycles. The molecule has 0 aliphatic carbocycles. The van der Waals surface area contributed by atoms with Crippen LogP contribution in [0, 0.1) is 5.41 Å². The van der Waals surface area contributed by atoms with Gasteiger partial charge in [-0.25, -0.2) is 9.78 Å². The number of ether oxygens (including phenoxy) is 1. The molecule has 0 aromatic carbocycles. The number of rotatable bonds is 7. The SMILES string of the molecule is CCC(CC)(CO)CNc1cc(C(=O)OC)ccn1. The maximum Gasteiger partial charge on any atom is 0.338 e. The van der Waals surface area contributed by atoms with Gasteiger partial charge in [0.15, 0.2) is 0 Å². The maximum absolute atomic E-state index is 11.4. The molecule has 0 unspecified atom stereocenters. The van der Waals surface area contributed by atoms with Gasteiger partial charge in [-0.1, -0.05) is 13.8 Å². The summed E-state index contributed by atoms with van der Waals surface area (Å²) in [6.07, 6.45) is 3.32. The van der Waals surface area contributed by atoms with E-state index in [0.29, 0.717) is 17.9 Å². The van der Waals surface area contributed by atoms with E-state index in [4.69, 9.17) is 0 Å². The fourth-order valence-electron chi connectivity index (χ4n) is 1.83. The lowest BCUT2D eigenvalue weighted by Gasteiger charge is -2.29. The van der Waals surface area contributed by atoms with Crippen molar-refractivity contribution in [2.75, 3.05) is 25.6 Å². The van der Waals surface area contributed by atoms with Crippen LogP contribution in [0.2, 0.25) is 0 Å². The van der Waals surface area contributed by atoms with Crippen molar-refractivity contribution in [2.24, 2.45) is 5.41 Å². The molecule has 1 aromatic heterocycles. The quantitative estimate of drug-likeness (QED) is 0.739. The lowest BCUT2D eigenvalue weighted by Crippen LogP contribution is -2.32. The van der Waals surface area contributed by atoms with Crippen LogP contribution in [0.3, 0.4) is 0 Å². The molecular weight excluding hydrogens is 244 g/mol. The number of aliphatic hydroxyl groups excluding tert-OH is 1. The van der Waals surface area contributed by atoms with Crippen molar-refractivity contribution in [3.05, 3.63) is 23.9 Å². The molecule has 19 heavy (non-hydrogen) atoms. The molecule has 2 N–H and O–H groups in total. The predicted octanol–water partition coefficient (Wildman–Crippen LogP) is 2.08. The van der Waals surface area contributed by atoms with Crippen molar-refractivity contribution < 1.29 is 14.6 Å². The Hall–Kier alpha value is -1.62. The van der Waals surface area contributed by atoms with Gasteiger partial charge in [0, 0.05) is 18.2 Å². The molecule has 0 radical (unpaired) electrons. The van der Waals surface area contributed by atoms with E-state index in [1.807, 2.05) is 0 Å². The van der Waals surface area contributed by atoms with Crippen LogP contribution in [-0.2, 0) is 4.74 Å². The van der Waals surface area contributed by atoms with Crippen LogP contribution < -0.4 is 5.32 Å². The molecule has 106 valence electrons. The van der Waals surface area contributed by atoms with Gasteiger partial charge in [-0.05, 0) is 25.0 Å². The summed E-state index contributed by atoms with van der Waals surface area (Å²) in [6, 6.07) is 3.26. The van der Waals surface area contributed by atoms with Gasteiger partial charge >= 0.3 is 5.97 Å². The van der Waals surface area contributed by atoms with Crippen molar-refractivity contribution >= 4 is 11.8 Å². The molecule has 0 amide bonds. The van der Waals surface area contributed by atoms with Gasteiger partial charge < -0.3 is 15.2 Å². The number of hydrogen-bond donors (Lipinski definition) is 2. The fraction of sp³-hybridized carbons (Fsp3) is 0.571. The van der Waals surface area contributed by atoms with Crippen LogP contribution in [-0.4, -0.2) is 36.3 Å². The molecule has 0 bridgehead atoms. The Balaban J connectivity index is 2.75. The minimum absolute atomic E-state index is 0.129. The Morgan fingerprint density at radius 2 is 2.16 bits per heavy atom. The molecule has 0 atom stereocenters. The summed E-state index contributed by atoms with van der Waals surface area (Å²) in [6.45, 7) is 4.86. The molecule has 5 nitrogen and oxygen atoms in total. The van der Waals surface area contributed by atoms with Crippen LogP contribution >= 0.6 is 0 Å². The molecule has 1 aromatic rings. The average molecular weight is 266 g/mol. The predicted molar refractivity (Wildman–Crippen MR) is 74.2 cm³/mol. The first kappa shape index (κ1) is 15.4. The van der Waals surface area contributed by atoms with Crippen molar-refractivity contribution in [1.29, 1.82) is 0 Å². The number of carbonyl (C=O) groups excluding carboxylic acids is 1. The highest BCUT2D eigenvalue weighted by atomic mass is 16.5. The van der Waals surface area contributed by atoms with Crippen molar-refractivity contribution in [2.45, 2.75) is 26.7 Å². The minimum atomic E-state index is -0.384. The van der Waals surface area contributed by atoms with Crippen molar-refractivity contribution in [1.82, 2.24) is 4.98 Å². The highest BCUT2D eigenvalue weighted by Gasteiger charge is 2.25. The third kappa shape index (κ3) is 3.92. The molecular formula is C14H22N2O3. The zero-order valence-electron chi connectivity index (χ0n) is 11.8. The first-order valence-corrected chi connectivity index (χ1v) is 6.50. The lowest BCUT2D eigenvalue weighted by atomic mass is 9.83. The van der Waals surface area contributed by atoms with Gasteiger partial charge in [0.05, 0.1) is 19.3 Å². The van der Waals surface area contributed by atoms with E-state index in [1.165, 1.54) is 7.11 Å². The smallest absolute Gasteiger partial charge is 0.338 e. The van der Waals surface area contributed by atoms with Gasteiger partial charge in [-0.2, -0.15) is 0 Å². The number of anilines is 1. The number of esters is 1. The normalized spacial score (nSPS) is 11.2. The third-order valence-electron chi connectivity index (χ3n) is 3.66. The Labute approximate surface area is 114 Å². The van der Waals surface area contributed by atoms with Gasteiger partial charge in [0.2, 0.25) is 0 Å². The summed E-state index contributed by atoms with van der Waals surface area (Å²) in [4.78, 5) is 15.6. The zero-order chi connectivity index (χ0) is 14.3. The lowest BCUT2D eigenvalue weighted by molar-refractivity contribution is 0.0600. The summed E-state index contributed by atoms with van der Waals surface area (Å²) in [5, 5.41) is 12.7. The van der Waals surface area contributed by atoms with Crippen LogP contribution in [0.5, 0.6) is 0 Å². The Kier molecular flexibility index (Phi) is 5.76. The van der Waals surface area contributed by atoms with Crippen molar-refractivity contribution in [3.63, 3.8) is 0 Å². The number of nitrogens with zero attached hydrogens (tertiary/aromatic N) is 1. The van der Waals surface area contributed by atoms with E-state index in [9.17, 15) is 9.90 Å². The molecule has 0 aliphatic rings. The summed E-state index contributed by atoms with van der Waals surface area (Å²) in [5.74, 6) is 0.229. The monoisotopic (exact) mass is 266 g/mol. The molecule has 1 rings (SSSR count).